The number of carbonyl (C=O) groups is 2. The third kappa shape index (κ3) is 4.79. The van der Waals surface area contributed by atoms with Gasteiger partial charge in [0.15, 0.2) is 5.78 Å². The molecule has 0 spiro atoms. The minimum absolute atomic E-state index is 0.0684. The van der Waals surface area contributed by atoms with Crippen molar-refractivity contribution in [1.82, 2.24) is 4.90 Å². The van der Waals surface area contributed by atoms with Crippen LogP contribution in [0.2, 0.25) is 5.02 Å². The maximum absolute atomic E-state index is 14.6. The number of hydrogen-bond donors (Lipinski definition) is 2. The van der Waals surface area contributed by atoms with E-state index in [9.17, 15) is 19.8 Å². The average molecular weight is 638 g/mol. The van der Waals surface area contributed by atoms with E-state index in [1.165, 1.54) is 28.9 Å². The van der Waals surface area contributed by atoms with Crippen LogP contribution < -0.4 is 0 Å². The van der Waals surface area contributed by atoms with Gasteiger partial charge < -0.3 is 10.2 Å². The Morgan fingerprint density at radius 3 is 2.22 bits per heavy atom. The van der Waals surface area contributed by atoms with E-state index in [1.54, 1.807) is 12.1 Å². The van der Waals surface area contributed by atoms with Crippen molar-refractivity contribution >= 4 is 23.5 Å². The normalized spacial score (nSPS) is 40.3. The van der Waals surface area contributed by atoms with Gasteiger partial charge in [-0.1, -0.05) is 83.3 Å². The van der Waals surface area contributed by atoms with Gasteiger partial charge in [0.05, 0.1) is 18.1 Å². The summed E-state index contributed by atoms with van der Waals surface area (Å²) in [6, 6.07) is 7.22. The van der Waals surface area contributed by atoms with Crippen molar-refractivity contribution in [3.63, 3.8) is 0 Å². The van der Waals surface area contributed by atoms with Gasteiger partial charge in [-0.3, -0.25) is 9.69 Å². The minimum atomic E-state index is -1.05. The summed E-state index contributed by atoms with van der Waals surface area (Å²) in [4.78, 5) is 28.4. The molecule has 5 nitrogen and oxygen atoms in total. The van der Waals surface area contributed by atoms with Crippen molar-refractivity contribution in [1.29, 1.82) is 0 Å². The van der Waals surface area contributed by atoms with Crippen LogP contribution in [0.3, 0.4) is 0 Å². The first kappa shape index (κ1) is 33.1. The van der Waals surface area contributed by atoms with Crippen LogP contribution in [0.15, 0.2) is 35.4 Å². The Balaban J connectivity index is 1.34. The number of rotatable bonds is 6. The highest BCUT2D eigenvalue weighted by Gasteiger charge is 2.70. The molecule has 4 saturated carbocycles. The van der Waals surface area contributed by atoms with Gasteiger partial charge in [0, 0.05) is 11.6 Å². The van der Waals surface area contributed by atoms with Crippen LogP contribution >= 0.6 is 11.6 Å². The lowest BCUT2D eigenvalue weighted by Crippen LogP contribution is -2.66. The van der Waals surface area contributed by atoms with E-state index in [2.05, 4.69) is 48.5 Å². The van der Waals surface area contributed by atoms with Crippen LogP contribution in [0.1, 0.15) is 118 Å². The molecule has 8 atom stereocenters. The molecular formula is C39H56ClNO4. The topological polar surface area (TPSA) is 77.8 Å². The second-order valence-electron chi connectivity index (χ2n) is 17.4. The number of benzene rings is 1. The standard InChI is InChI=1S/C39H56ClNO4/c1-24(2)27-14-19-39(32(43)23-41(34(44)45)22-25-8-10-26(40)11-9-25)21-20-37(6)28(33(27)39)12-13-30-36(5)17-16-31(42)35(3,4)29(36)15-18-38(30,37)7/h8-11,24,28-31,42H,12-23H2,1-7H3,(H,44,45)/t28-,29+,30-,31+,36+,37-,38-,39-/m1/s1. The van der Waals surface area contributed by atoms with Gasteiger partial charge in [0.25, 0.3) is 0 Å². The van der Waals surface area contributed by atoms with Gasteiger partial charge in [-0.25, -0.2) is 4.79 Å². The number of nitrogens with zero attached hydrogens (tertiary/aromatic N) is 1. The maximum atomic E-state index is 14.6. The molecule has 4 fully saturated rings. The highest BCUT2D eigenvalue weighted by molar-refractivity contribution is 6.30. The number of allylic oxidation sites excluding steroid dienone is 2. The summed E-state index contributed by atoms with van der Waals surface area (Å²) in [5, 5.41) is 21.9. The SMILES string of the molecule is CC(C)C1=C2[C@H]3CC[C@@H]4[C@@]5(C)CC[C@H](O)C(C)(C)[C@@H]5CC[C@@]4(C)[C@]3(C)CC[C@@]2(C(=O)CN(Cc2ccc(Cl)cc2)C(=O)O)CC1. The molecule has 0 aliphatic heterocycles. The van der Waals surface area contributed by atoms with Gasteiger partial charge in [0.1, 0.15) is 0 Å². The number of fused-ring (bicyclic) bond motifs is 7. The average Bonchev–Trinajstić information content (AvgIpc) is 3.38. The van der Waals surface area contributed by atoms with E-state index in [-0.39, 0.29) is 46.6 Å². The summed E-state index contributed by atoms with van der Waals surface area (Å²) in [6.07, 6.45) is 8.94. The van der Waals surface area contributed by atoms with Crippen molar-refractivity contribution in [3.8, 4) is 0 Å². The van der Waals surface area contributed by atoms with Crippen LogP contribution in [0, 0.1) is 50.7 Å². The predicted molar refractivity (Wildman–Crippen MR) is 180 cm³/mol. The molecule has 0 unspecified atom stereocenters. The lowest BCUT2D eigenvalue weighted by atomic mass is 9.33. The van der Waals surface area contributed by atoms with Crippen molar-refractivity contribution in [2.45, 2.75) is 125 Å². The first-order chi connectivity index (χ1) is 21.0. The molecule has 0 saturated heterocycles. The highest BCUT2D eigenvalue weighted by atomic mass is 35.5. The van der Waals surface area contributed by atoms with E-state index in [0.29, 0.717) is 28.7 Å². The molecule has 0 aromatic heterocycles. The van der Waals surface area contributed by atoms with Crippen LogP contribution in [-0.2, 0) is 11.3 Å². The lowest BCUT2D eigenvalue weighted by molar-refractivity contribution is -0.228. The third-order valence-electron chi connectivity index (χ3n) is 15.1. The molecule has 5 aliphatic carbocycles. The molecule has 5 aliphatic rings. The van der Waals surface area contributed by atoms with Gasteiger partial charge in [0.2, 0.25) is 0 Å². The summed E-state index contributed by atoms with van der Waals surface area (Å²) in [6.45, 7) is 17.0. The Morgan fingerprint density at radius 1 is 0.889 bits per heavy atom. The van der Waals surface area contributed by atoms with E-state index < -0.39 is 11.5 Å². The van der Waals surface area contributed by atoms with E-state index in [1.807, 2.05) is 12.1 Å². The number of halogens is 1. The second kappa shape index (κ2) is 11.1. The molecule has 6 heteroatoms. The molecule has 1 amide bonds. The molecule has 2 N–H and O–H groups in total. The lowest BCUT2D eigenvalue weighted by Gasteiger charge is -2.72. The van der Waals surface area contributed by atoms with Gasteiger partial charge in [-0.2, -0.15) is 0 Å². The van der Waals surface area contributed by atoms with E-state index >= 15 is 0 Å². The number of ketones is 1. The fourth-order valence-corrected chi connectivity index (χ4v) is 12.5. The number of carbonyl (C=O) groups excluding carboxylic acids is 1. The number of hydrogen-bond acceptors (Lipinski definition) is 3. The quantitative estimate of drug-likeness (QED) is 0.305. The number of aliphatic hydroxyl groups is 1. The summed E-state index contributed by atoms with van der Waals surface area (Å²) in [5.41, 5.74) is 3.56. The van der Waals surface area contributed by atoms with Crippen LogP contribution in [0.25, 0.3) is 0 Å². The predicted octanol–water partition coefficient (Wildman–Crippen LogP) is 9.55. The van der Waals surface area contributed by atoms with Gasteiger partial charge in [-0.15, -0.1) is 0 Å². The largest absolute Gasteiger partial charge is 0.465 e. The maximum Gasteiger partial charge on any atom is 0.407 e. The molecular weight excluding hydrogens is 582 g/mol. The fraction of sp³-hybridized carbons (Fsp3) is 0.744. The minimum Gasteiger partial charge on any atom is -0.465 e. The molecule has 45 heavy (non-hydrogen) atoms. The summed E-state index contributed by atoms with van der Waals surface area (Å²) in [5.74, 6) is 1.95. The second-order valence-corrected chi connectivity index (χ2v) is 17.8. The smallest absolute Gasteiger partial charge is 0.407 e. The Hall–Kier alpha value is -1.85. The first-order valence-corrected chi connectivity index (χ1v) is 18.1. The molecule has 248 valence electrons. The molecule has 0 radical (unpaired) electrons. The number of Topliss-reactive ketones (excluding diaryl/α,β-unsaturated/α-hetero) is 1. The molecule has 6 rings (SSSR count). The third-order valence-corrected chi connectivity index (χ3v) is 15.3. The van der Waals surface area contributed by atoms with Crippen LogP contribution in [-0.4, -0.2) is 39.6 Å². The molecule has 1 aromatic rings. The first-order valence-electron chi connectivity index (χ1n) is 17.7. The van der Waals surface area contributed by atoms with Crippen molar-refractivity contribution in [2.75, 3.05) is 6.54 Å². The van der Waals surface area contributed by atoms with Crippen molar-refractivity contribution in [2.24, 2.45) is 50.7 Å². The zero-order valence-corrected chi connectivity index (χ0v) is 29.5. The monoisotopic (exact) mass is 637 g/mol. The Kier molecular flexibility index (Phi) is 8.16. The highest BCUT2D eigenvalue weighted by Crippen LogP contribution is 2.76. The summed E-state index contributed by atoms with van der Waals surface area (Å²) >= 11 is 6.08. The Morgan fingerprint density at radius 2 is 1.58 bits per heavy atom. The zero-order valence-electron chi connectivity index (χ0n) is 28.7. The van der Waals surface area contributed by atoms with E-state index in [4.69, 9.17) is 11.6 Å². The fourth-order valence-electron chi connectivity index (χ4n) is 12.4. The van der Waals surface area contributed by atoms with Gasteiger partial charge >= 0.3 is 6.09 Å². The van der Waals surface area contributed by atoms with Crippen LogP contribution in [0.4, 0.5) is 4.79 Å². The van der Waals surface area contributed by atoms with Crippen molar-refractivity contribution < 1.29 is 19.8 Å². The molecule has 0 heterocycles. The number of carboxylic acid groups (broad SMARTS) is 1. The Bertz CT molecular complexity index is 1380. The molecule has 0 bridgehead atoms. The molecule has 1 aromatic carbocycles. The van der Waals surface area contributed by atoms with Crippen molar-refractivity contribution in [3.05, 3.63) is 46.0 Å². The van der Waals surface area contributed by atoms with Crippen LogP contribution in [0.5, 0.6) is 0 Å². The number of amides is 1. The Labute approximate surface area is 276 Å². The summed E-state index contributed by atoms with van der Waals surface area (Å²) in [7, 11) is 0. The van der Waals surface area contributed by atoms with Gasteiger partial charge in [-0.05, 0) is 127 Å². The number of aliphatic hydroxyl groups excluding tert-OH is 1. The zero-order chi connectivity index (χ0) is 32.7. The van der Waals surface area contributed by atoms with E-state index in [0.717, 1.165) is 56.9 Å². The summed E-state index contributed by atoms with van der Waals surface area (Å²) < 4.78 is 0.